The summed E-state index contributed by atoms with van der Waals surface area (Å²) >= 11 is 0. The highest BCUT2D eigenvalue weighted by Gasteiger charge is 2.69. The summed E-state index contributed by atoms with van der Waals surface area (Å²) in [5.74, 6) is 0. The number of halogens is 3. The molecule has 1 aromatic rings. The molecule has 0 aliphatic carbocycles. The SMILES string of the molecule is Cc1ccc(C2(C(F)(F)F)NN2C)cc1. The summed E-state index contributed by atoms with van der Waals surface area (Å²) in [6, 6.07) is 6.35. The zero-order valence-electron chi connectivity index (χ0n) is 8.39. The molecule has 0 radical (unpaired) electrons. The second-order valence-electron chi connectivity index (χ2n) is 3.75. The Labute approximate surface area is 85.7 Å². The van der Waals surface area contributed by atoms with Crippen LogP contribution in [0.1, 0.15) is 11.1 Å². The van der Waals surface area contributed by atoms with E-state index in [1.807, 2.05) is 6.92 Å². The number of aryl methyl sites for hydroxylation is 1. The standard InChI is InChI=1S/C10H11F3N2/c1-7-3-5-8(6-4-7)9(10(11,12)13)14-15(9)2/h3-6,14H,1-2H3. The van der Waals surface area contributed by atoms with E-state index in [0.717, 1.165) is 10.6 Å². The van der Waals surface area contributed by atoms with Crippen molar-refractivity contribution in [3.63, 3.8) is 0 Å². The van der Waals surface area contributed by atoms with Gasteiger partial charge in [-0.1, -0.05) is 29.8 Å². The lowest BCUT2D eigenvalue weighted by Crippen LogP contribution is -2.35. The normalized spacial score (nSPS) is 30.3. The predicted molar refractivity (Wildman–Crippen MR) is 49.8 cm³/mol. The summed E-state index contributed by atoms with van der Waals surface area (Å²) in [7, 11) is 1.38. The zero-order valence-corrected chi connectivity index (χ0v) is 8.39. The molecule has 5 heteroatoms. The maximum Gasteiger partial charge on any atom is 0.426 e. The molecule has 0 spiro atoms. The lowest BCUT2D eigenvalue weighted by molar-refractivity contribution is -0.174. The van der Waals surface area contributed by atoms with Crippen molar-refractivity contribution in [1.29, 1.82) is 0 Å². The quantitative estimate of drug-likeness (QED) is 0.727. The molecule has 2 rings (SSSR count). The Bertz CT molecular complexity index is 371. The van der Waals surface area contributed by atoms with Gasteiger partial charge in [0.25, 0.3) is 0 Å². The van der Waals surface area contributed by atoms with Crippen LogP contribution in [0.5, 0.6) is 0 Å². The van der Waals surface area contributed by atoms with E-state index in [4.69, 9.17) is 0 Å². The molecule has 0 bridgehead atoms. The van der Waals surface area contributed by atoms with Crippen LogP contribution in [0.25, 0.3) is 0 Å². The van der Waals surface area contributed by atoms with Crippen molar-refractivity contribution in [2.24, 2.45) is 0 Å². The van der Waals surface area contributed by atoms with E-state index in [1.54, 1.807) is 12.1 Å². The van der Waals surface area contributed by atoms with Crippen LogP contribution in [-0.2, 0) is 5.66 Å². The molecular formula is C10H11F3N2. The Balaban J connectivity index is 2.41. The molecule has 2 nitrogen and oxygen atoms in total. The summed E-state index contributed by atoms with van der Waals surface area (Å²) in [6.45, 7) is 1.84. The highest BCUT2D eigenvalue weighted by atomic mass is 19.4. The number of nitrogens with one attached hydrogen (secondary N) is 1. The zero-order chi connectivity index (χ0) is 11.3. The molecule has 82 valence electrons. The first-order valence-electron chi connectivity index (χ1n) is 4.53. The Morgan fingerprint density at radius 2 is 1.67 bits per heavy atom. The molecule has 1 N–H and O–H groups in total. The van der Waals surface area contributed by atoms with Crippen LogP contribution >= 0.6 is 0 Å². The van der Waals surface area contributed by atoms with Gasteiger partial charge < -0.3 is 0 Å². The van der Waals surface area contributed by atoms with Gasteiger partial charge in [-0.25, -0.2) is 10.4 Å². The van der Waals surface area contributed by atoms with E-state index in [-0.39, 0.29) is 5.56 Å². The van der Waals surface area contributed by atoms with Gasteiger partial charge in [0.05, 0.1) is 0 Å². The van der Waals surface area contributed by atoms with E-state index in [9.17, 15) is 13.2 Å². The van der Waals surface area contributed by atoms with Gasteiger partial charge in [-0.2, -0.15) is 13.2 Å². The number of hydrazine groups is 1. The van der Waals surface area contributed by atoms with Crippen molar-refractivity contribution < 1.29 is 13.2 Å². The summed E-state index contributed by atoms with van der Waals surface area (Å²) in [5, 5.41) is 1.07. The molecule has 0 saturated carbocycles. The van der Waals surface area contributed by atoms with Gasteiger partial charge in [-0.15, -0.1) is 0 Å². The molecule has 0 amide bonds. The van der Waals surface area contributed by atoms with E-state index in [2.05, 4.69) is 5.43 Å². The van der Waals surface area contributed by atoms with E-state index >= 15 is 0 Å². The number of nitrogens with zero attached hydrogens (tertiary/aromatic N) is 1. The van der Waals surface area contributed by atoms with Gasteiger partial charge in [0.15, 0.2) is 0 Å². The van der Waals surface area contributed by atoms with Crippen molar-refractivity contribution in [3.8, 4) is 0 Å². The van der Waals surface area contributed by atoms with E-state index in [0.29, 0.717) is 0 Å². The average molecular weight is 216 g/mol. The van der Waals surface area contributed by atoms with Crippen molar-refractivity contribution in [1.82, 2.24) is 10.4 Å². The molecule has 1 aromatic carbocycles. The number of benzene rings is 1. The van der Waals surface area contributed by atoms with Crippen LogP contribution < -0.4 is 5.43 Å². The van der Waals surface area contributed by atoms with Gasteiger partial charge in [-0.3, -0.25) is 0 Å². The largest absolute Gasteiger partial charge is 0.426 e. The lowest BCUT2D eigenvalue weighted by atomic mass is 10.0. The number of rotatable bonds is 1. The molecule has 1 aliphatic heterocycles. The lowest BCUT2D eigenvalue weighted by Gasteiger charge is -2.17. The maximum absolute atomic E-state index is 12.8. The Morgan fingerprint density at radius 3 is 2.00 bits per heavy atom. The smallest absolute Gasteiger partial charge is 0.220 e. The summed E-state index contributed by atoms with van der Waals surface area (Å²) in [6.07, 6.45) is -4.31. The van der Waals surface area contributed by atoms with E-state index in [1.165, 1.54) is 19.2 Å². The van der Waals surface area contributed by atoms with Crippen LogP contribution in [0, 0.1) is 6.92 Å². The number of hydrogen-bond donors (Lipinski definition) is 1. The third kappa shape index (κ3) is 1.42. The van der Waals surface area contributed by atoms with E-state index < -0.39 is 11.8 Å². The Kier molecular flexibility index (Phi) is 2.06. The molecule has 0 aromatic heterocycles. The molecule has 15 heavy (non-hydrogen) atoms. The molecule has 1 heterocycles. The van der Waals surface area contributed by atoms with Gasteiger partial charge in [-0.05, 0) is 12.5 Å². The average Bonchev–Trinajstić information content (AvgIpc) is 2.79. The van der Waals surface area contributed by atoms with Crippen LogP contribution in [0.3, 0.4) is 0 Å². The molecule has 2 atom stereocenters. The molecule has 1 saturated heterocycles. The molecule has 1 aliphatic rings. The second kappa shape index (κ2) is 2.96. The molecular weight excluding hydrogens is 205 g/mol. The minimum Gasteiger partial charge on any atom is -0.220 e. The fourth-order valence-electron chi connectivity index (χ4n) is 1.69. The van der Waals surface area contributed by atoms with Gasteiger partial charge in [0, 0.05) is 7.05 Å². The van der Waals surface area contributed by atoms with Crippen LogP contribution in [0.2, 0.25) is 0 Å². The van der Waals surface area contributed by atoms with Crippen LogP contribution in [0.15, 0.2) is 24.3 Å². The van der Waals surface area contributed by atoms with Crippen molar-refractivity contribution in [2.45, 2.75) is 18.8 Å². The predicted octanol–water partition coefficient (Wildman–Crippen LogP) is 2.16. The monoisotopic (exact) mass is 216 g/mol. The maximum atomic E-state index is 12.8. The summed E-state index contributed by atoms with van der Waals surface area (Å²) in [4.78, 5) is 0. The molecule has 2 unspecified atom stereocenters. The molecule has 1 fully saturated rings. The van der Waals surface area contributed by atoms with Gasteiger partial charge >= 0.3 is 6.18 Å². The minimum atomic E-state index is -4.31. The van der Waals surface area contributed by atoms with Crippen molar-refractivity contribution in [2.75, 3.05) is 7.05 Å². The fraction of sp³-hybridized carbons (Fsp3) is 0.400. The fourth-order valence-corrected chi connectivity index (χ4v) is 1.69. The first kappa shape index (κ1) is 10.4. The van der Waals surface area contributed by atoms with Gasteiger partial charge in [0.2, 0.25) is 5.66 Å². The van der Waals surface area contributed by atoms with Crippen LogP contribution in [-0.4, -0.2) is 18.2 Å². The highest BCUT2D eigenvalue weighted by Crippen LogP contribution is 2.48. The Hall–Kier alpha value is -1.07. The second-order valence-corrected chi connectivity index (χ2v) is 3.75. The summed E-state index contributed by atoms with van der Waals surface area (Å²) in [5.41, 5.74) is 1.51. The Morgan fingerprint density at radius 1 is 1.20 bits per heavy atom. The first-order chi connectivity index (χ1) is 6.88. The number of hydrogen-bond acceptors (Lipinski definition) is 2. The number of alkyl halides is 3. The van der Waals surface area contributed by atoms with Crippen molar-refractivity contribution in [3.05, 3.63) is 35.4 Å². The first-order valence-corrected chi connectivity index (χ1v) is 4.53. The third-order valence-corrected chi connectivity index (χ3v) is 2.66. The van der Waals surface area contributed by atoms with Crippen LogP contribution in [0.4, 0.5) is 13.2 Å². The summed E-state index contributed by atoms with van der Waals surface area (Å²) < 4.78 is 38.5. The third-order valence-electron chi connectivity index (χ3n) is 2.66. The minimum absolute atomic E-state index is 0.225. The topological polar surface area (TPSA) is 25.0 Å². The highest BCUT2D eigenvalue weighted by molar-refractivity contribution is 5.32. The van der Waals surface area contributed by atoms with Gasteiger partial charge in [0.1, 0.15) is 0 Å². The van der Waals surface area contributed by atoms with Crippen molar-refractivity contribution >= 4 is 0 Å².